The molecule has 5 nitrogen and oxygen atoms in total. The highest BCUT2D eigenvalue weighted by molar-refractivity contribution is 7.09. The first kappa shape index (κ1) is 13.9. The van der Waals surface area contributed by atoms with Crippen LogP contribution in [0, 0.1) is 0 Å². The number of benzene rings is 1. The van der Waals surface area contributed by atoms with Gasteiger partial charge in [-0.05, 0) is 12.1 Å². The van der Waals surface area contributed by atoms with E-state index in [1.54, 1.807) is 23.3 Å². The standard InChI is InChI=1S/C15H16N2O3S/c1-19-13-5-3-2-4-11(13)12-10-21-14(16-12)6-7-17-8-9-20-15(17)18/h2-5,10H,6-9H2,1H3. The summed E-state index contributed by atoms with van der Waals surface area (Å²) in [5.41, 5.74) is 1.90. The average molecular weight is 304 g/mol. The third-order valence-electron chi connectivity index (χ3n) is 3.38. The Morgan fingerprint density at radius 3 is 3.05 bits per heavy atom. The van der Waals surface area contributed by atoms with Crippen molar-refractivity contribution < 1.29 is 14.3 Å². The van der Waals surface area contributed by atoms with Crippen molar-refractivity contribution in [1.29, 1.82) is 0 Å². The van der Waals surface area contributed by atoms with E-state index in [2.05, 4.69) is 4.98 Å². The van der Waals surface area contributed by atoms with Crippen molar-refractivity contribution in [2.75, 3.05) is 26.8 Å². The molecule has 1 aliphatic heterocycles. The summed E-state index contributed by atoms with van der Waals surface area (Å²) in [5.74, 6) is 0.817. The van der Waals surface area contributed by atoms with E-state index in [-0.39, 0.29) is 6.09 Å². The Hall–Kier alpha value is -2.08. The van der Waals surface area contributed by atoms with Gasteiger partial charge in [0.05, 0.1) is 24.4 Å². The summed E-state index contributed by atoms with van der Waals surface area (Å²) in [6.45, 7) is 1.81. The van der Waals surface area contributed by atoms with Gasteiger partial charge in [-0.1, -0.05) is 12.1 Å². The molecule has 0 N–H and O–H groups in total. The van der Waals surface area contributed by atoms with Gasteiger partial charge in [0.2, 0.25) is 0 Å². The Bertz CT molecular complexity index is 641. The van der Waals surface area contributed by atoms with Gasteiger partial charge in [0.1, 0.15) is 12.4 Å². The van der Waals surface area contributed by atoms with E-state index in [0.29, 0.717) is 19.7 Å². The van der Waals surface area contributed by atoms with E-state index in [9.17, 15) is 4.79 Å². The lowest BCUT2D eigenvalue weighted by Crippen LogP contribution is -2.26. The summed E-state index contributed by atoms with van der Waals surface area (Å²) in [6.07, 6.45) is 0.520. The molecule has 2 heterocycles. The maximum atomic E-state index is 11.4. The Kier molecular flexibility index (Phi) is 4.06. The minimum absolute atomic E-state index is 0.225. The van der Waals surface area contributed by atoms with E-state index >= 15 is 0 Å². The highest BCUT2D eigenvalue weighted by Gasteiger charge is 2.21. The van der Waals surface area contributed by atoms with Crippen molar-refractivity contribution in [2.45, 2.75) is 6.42 Å². The molecule has 6 heteroatoms. The van der Waals surface area contributed by atoms with Crippen molar-refractivity contribution in [3.8, 4) is 17.0 Å². The van der Waals surface area contributed by atoms with Gasteiger partial charge in [-0.2, -0.15) is 0 Å². The van der Waals surface area contributed by atoms with Gasteiger partial charge >= 0.3 is 6.09 Å². The predicted molar refractivity (Wildman–Crippen MR) is 80.7 cm³/mol. The lowest BCUT2D eigenvalue weighted by Gasteiger charge is -2.10. The quantitative estimate of drug-likeness (QED) is 0.852. The molecule has 3 rings (SSSR count). The van der Waals surface area contributed by atoms with E-state index in [1.165, 1.54) is 0 Å². The average Bonchev–Trinajstić information content (AvgIpc) is 3.14. The van der Waals surface area contributed by atoms with Crippen LogP contribution in [0.1, 0.15) is 5.01 Å². The Labute approximate surface area is 127 Å². The summed E-state index contributed by atoms with van der Waals surface area (Å²) < 4.78 is 10.3. The maximum Gasteiger partial charge on any atom is 0.409 e. The van der Waals surface area contributed by atoms with Crippen LogP contribution in [0.5, 0.6) is 5.75 Å². The number of para-hydroxylation sites is 1. The minimum Gasteiger partial charge on any atom is -0.496 e. The SMILES string of the molecule is COc1ccccc1-c1csc(CCN2CCOC2=O)n1. The third kappa shape index (κ3) is 3.00. The van der Waals surface area contributed by atoms with E-state index in [4.69, 9.17) is 9.47 Å². The van der Waals surface area contributed by atoms with Crippen LogP contribution >= 0.6 is 11.3 Å². The van der Waals surface area contributed by atoms with Crippen LogP contribution in [-0.2, 0) is 11.2 Å². The number of amides is 1. The molecule has 1 amide bonds. The second-order valence-electron chi connectivity index (χ2n) is 4.68. The molecular formula is C15H16N2O3S. The highest BCUT2D eigenvalue weighted by atomic mass is 32.1. The molecule has 110 valence electrons. The fourth-order valence-corrected chi connectivity index (χ4v) is 3.05. The molecule has 1 saturated heterocycles. The van der Waals surface area contributed by atoms with E-state index < -0.39 is 0 Å². The fraction of sp³-hybridized carbons (Fsp3) is 0.333. The number of hydrogen-bond donors (Lipinski definition) is 0. The topological polar surface area (TPSA) is 51.7 Å². The number of carbonyl (C=O) groups excluding carboxylic acids is 1. The molecule has 0 spiro atoms. The van der Waals surface area contributed by atoms with Gasteiger partial charge in [-0.3, -0.25) is 0 Å². The molecule has 0 saturated carbocycles. The van der Waals surface area contributed by atoms with Crippen LogP contribution in [0.4, 0.5) is 4.79 Å². The second-order valence-corrected chi connectivity index (χ2v) is 5.62. The first-order valence-corrected chi connectivity index (χ1v) is 7.65. The van der Waals surface area contributed by atoms with Gasteiger partial charge in [0.25, 0.3) is 0 Å². The summed E-state index contributed by atoms with van der Waals surface area (Å²) >= 11 is 1.60. The van der Waals surface area contributed by atoms with Gasteiger partial charge in [0, 0.05) is 23.9 Å². The van der Waals surface area contributed by atoms with Crippen LogP contribution in [0.15, 0.2) is 29.6 Å². The van der Waals surface area contributed by atoms with Crippen molar-refractivity contribution >= 4 is 17.4 Å². The zero-order valence-corrected chi connectivity index (χ0v) is 12.6. The number of hydrogen-bond acceptors (Lipinski definition) is 5. The number of aromatic nitrogens is 1. The zero-order valence-electron chi connectivity index (χ0n) is 11.7. The molecule has 1 aromatic carbocycles. The van der Waals surface area contributed by atoms with Gasteiger partial charge in [-0.25, -0.2) is 9.78 Å². The molecule has 0 unspecified atom stereocenters. The van der Waals surface area contributed by atoms with Gasteiger partial charge in [-0.15, -0.1) is 11.3 Å². The van der Waals surface area contributed by atoms with Crippen LogP contribution in [0.2, 0.25) is 0 Å². The highest BCUT2D eigenvalue weighted by Crippen LogP contribution is 2.30. The van der Waals surface area contributed by atoms with Crippen molar-refractivity contribution in [3.63, 3.8) is 0 Å². The number of carbonyl (C=O) groups is 1. The number of methoxy groups -OCH3 is 1. The monoisotopic (exact) mass is 304 g/mol. The van der Waals surface area contributed by atoms with Gasteiger partial charge < -0.3 is 14.4 Å². The molecule has 0 bridgehead atoms. The fourth-order valence-electron chi connectivity index (χ4n) is 2.27. The van der Waals surface area contributed by atoms with E-state index in [1.807, 2.05) is 29.6 Å². The second kappa shape index (κ2) is 6.13. The minimum atomic E-state index is -0.225. The van der Waals surface area contributed by atoms with Crippen LogP contribution in [0.3, 0.4) is 0 Å². The van der Waals surface area contributed by atoms with Crippen LogP contribution in [-0.4, -0.2) is 42.8 Å². The Morgan fingerprint density at radius 2 is 2.29 bits per heavy atom. The molecule has 1 fully saturated rings. The maximum absolute atomic E-state index is 11.4. The molecule has 0 aliphatic carbocycles. The molecular weight excluding hydrogens is 288 g/mol. The molecule has 1 aromatic heterocycles. The van der Waals surface area contributed by atoms with Crippen molar-refractivity contribution in [1.82, 2.24) is 9.88 Å². The molecule has 21 heavy (non-hydrogen) atoms. The first-order valence-electron chi connectivity index (χ1n) is 6.77. The normalized spacial score (nSPS) is 14.3. The lowest BCUT2D eigenvalue weighted by atomic mass is 10.1. The molecule has 0 atom stereocenters. The summed E-state index contributed by atoms with van der Waals surface area (Å²) in [6, 6.07) is 7.83. The number of nitrogens with zero attached hydrogens (tertiary/aromatic N) is 2. The summed E-state index contributed by atoms with van der Waals surface area (Å²) in [4.78, 5) is 17.7. The van der Waals surface area contributed by atoms with Crippen molar-refractivity contribution in [3.05, 3.63) is 34.7 Å². The predicted octanol–water partition coefficient (Wildman–Crippen LogP) is 2.81. The van der Waals surface area contributed by atoms with Crippen LogP contribution < -0.4 is 4.74 Å². The smallest absolute Gasteiger partial charge is 0.409 e. The summed E-state index contributed by atoms with van der Waals surface area (Å²) in [7, 11) is 1.66. The number of cyclic esters (lactones) is 1. The van der Waals surface area contributed by atoms with Crippen molar-refractivity contribution in [2.24, 2.45) is 0 Å². The number of rotatable bonds is 5. The molecule has 1 aliphatic rings. The Balaban J connectivity index is 1.70. The van der Waals surface area contributed by atoms with Crippen LogP contribution in [0.25, 0.3) is 11.3 Å². The Morgan fingerprint density at radius 1 is 1.43 bits per heavy atom. The first-order chi connectivity index (χ1) is 10.3. The molecule has 2 aromatic rings. The number of thiazole rings is 1. The molecule has 0 radical (unpaired) electrons. The zero-order chi connectivity index (χ0) is 14.7. The third-order valence-corrected chi connectivity index (χ3v) is 4.28. The summed E-state index contributed by atoms with van der Waals surface area (Å²) in [5, 5.41) is 3.03. The largest absolute Gasteiger partial charge is 0.496 e. The number of ether oxygens (including phenoxy) is 2. The van der Waals surface area contributed by atoms with Gasteiger partial charge in [0.15, 0.2) is 0 Å². The van der Waals surface area contributed by atoms with E-state index in [0.717, 1.165) is 28.4 Å². The lowest BCUT2D eigenvalue weighted by molar-refractivity contribution is 0.159.